The maximum Gasteiger partial charge on any atom is 0.217 e. The van der Waals surface area contributed by atoms with Crippen LogP contribution in [0, 0.1) is 5.82 Å². The van der Waals surface area contributed by atoms with Gasteiger partial charge < -0.3 is 9.73 Å². The molecule has 1 unspecified atom stereocenters. The Bertz CT molecular complexity index is 1020. The van der Waals surface area contributed by atoms with E-state index >= 15 is 0 Å². The highest BCUT2D eigenvalue weighted by Crippen LogP contribution is 2.27. The summed E-state index contributed by atoms with van der Waals surface area (Å²) in [4.78, 5) is 12.7. The minimum atomic E-state index is -0.333. The number of hydrogen-bond acceptors (Lipinski definition) is 5. The highest BCUT2D eigenvalue weighted by Gasteiger charge is 2.15. The monoisotopic (exact) mass is 334 g/mol. The summed E-state index contributed by atoms with van der Waals surface area (Å²) < 4.78 is 19.4. The first kappa shape index (κ1) is 15.3. The summed E-state index contributed by atoms with van der Waals surface area (Å²) in [5.74, 6) is 1.43. The number of benzene rings is 2. The zero-order valence-electron chi connectivity index (χ0n) is 13.5. The molecule has 2 heterocycles. The number of halogens is 1. The molecule has 0 aliphatic heterocycles. The van der Waals surface area contributed by atoms with E-state index in [0.29, 0.717) is 28.4 Å². The molecule has 0 radical (unpaired) electrons. The second-order valence-corrected chi connectivity index (χ2v) is 5.68. The number of nitrogens with zero attached hydrogens (tertiary/aromatic N) is 3. The number of hydrogen-bond donors (Lipinski definition) is 1. The lowest BCUT2D eigenvalue weighted by Gasteiger charge is -2.12. The van der Waals surface area contributed by atoms with Crippen LogP contribution in [0.1, 0.15) is 18.9 Å². The normalized spacial score (nSPS) is 12.2. The molecule has 0 aliphatic carbocycles. The van der Waals surface area contributed by atoms with Crippen LogP contribution in [0.5, 0.6) is 0 Å². The van der Waals surface area contributed by atoms with Crippen molar-refractivity contribution >= 4 is 16.7 Å². The average Bonchev–Trinajstić information content (AvgIpc) is 3.13. The molecule has 4 aromatic rings. The highest BCUT2D eigenvalue weighted by molar-refractivity contribution is 5.88. The summed E-state index contributed by atoms with van der Waals surface area (Å²) in [7, 11) is 0. The third kappa shape index (κ3) is 3.06. The van der Waals surface area contributed by atoms with Gasteiger partial charge in [-0.05, 0) is 25.1 Å². The number of oxazole rings is 1. The van der Waals surface area contributed by atoms with Crippen LogP contribution >= 0.6 is 0 Å². The molecule has 0 bridgehead atoms. The third-order valence-electron chi connectivity index (χ3n) is 3.90. The van der Waals surface area contributed by atoms with Crippen LogP contribution in [0.2, 0.25) is 0 Å². The lowest BCUT2D eigenvalue weighted by molar-refractivity contribution is 0.485. The summed E-state index contributed by atoms with van der Waals surface area (Å²) in [5.41, 5.74) is 1.63. The number of rotatable bonds is 4. The van der Waals surface area contributed by atoms with Gasteiger partial charge in [-0.3, -0.25) is 0 Å². The van der Waals surface area contributed by atoms with Crippen LogP contribution in [0.25, 0.3) is 22.2 Å². The van der Waals surface area contributed by atoms with Crippen molar-refractivity contribution in [3.8, 4) is 11.3 Å². The Morgan fingerprint density at radius 1 is 1.04 bits per heavy atom. The van der Waals surface area contributed by atoms with Gasteiger partial charge in [0.15, 0.2) is 5.76 Å². The van der Waals surface area contributed by atoms with Gasteiger partial charge in [0.2, 0.25) is 5.89 Å². The number of anilines is 1. The molecule has 4 rings (SSSR count). The summed E-state index contributed by atoms with van der Waals surface area (Å²) >= 11 is 0. The Hall–Kier alpha value is -3.28. The molecule has 1 N–H and O–H groups in total. The van der Waals surface area contributed by atoms with Gasteiger partial charge in [-0.2, -0.15) is 0 Å². The quantitative estimate of drug-likeness (QED) is 0.591. The minimum Gasteiger partial charge on any atom is -0.438 e. The molecule has 0 spiro atoms. The molecule has 2 aromatic carbocycles. The molecule has 5 nitrogen and oxygen atoms in total. The molecule has 124 valence electrons. The van der Waals surface area contributed by atoms with Crippen molar-refractivity contribution in [3.05, 3.63) is 72.8 Å². The zero-order valence-corrected chi connectivity index (χ0v) is 13.5. The summed E-state index contributed by atoms with van der Waals surface area (Å²) in [5, 5.41) is 3.83. The first-order valence-electron chi connectivity index (χ1n) is 7.88. The maximum atomic E-state index is 13.6. The zero-order chi connectivity index (χ0) is 17.2. The van der Waals surface area contributed by atoms with Gasteiger partial charge in [-0.15, -0.1) is 0 Å². The van der Waals surface area contributed by atoms with Gasteiger partial charge in [0, 0.05) is 10.9 Å². The summed E-state index contributed by atoms with van der Waals surface area (Å²) in [6.07, 6.45) is 3.14. The predicted octanol–water partition coefficient (Wildman–Crippen LogP) is 4.60. The van der Waals surface area contributed by atoms with E-state index in [4.69, 9.17) is 4.42 Å². The van der Waals surface area contributed by atoms with Crippen molar-refractivity contribution in [1.29, 1.82) is 0 Å². The van der Waals surface area contributed by atoms with Crippen LogP contribution in [-0.4, -0.2) is 15.0 Å². The highest BCUT2D eigenvalue weighted by atomic mass is 19.1. The van der Waals surface area contributed by atoms with Crippen LogP contribution in [0.4, 0.5) is 10.2 Å². The second-order valence-electron chi connectivity index (χ2n) is 5.68. The van der Waals surface area contributed by atoms with E-state index in [0.717, 1.165) is 5.56 Å². The average molecular weight is 334 g/mol. The Balaban J connectivity index is 1.62. The van der Waals surface area contributed by atoms with Crippen molar-refractivity contribution in [2.45, 2.75) is 13.0 Å². The Labute approximate surface area is 143 Å². The fraction of sp³-hybridized carbons (Fsp3) is 0.105. The van der Waals surface area contributed by atoms with Gasteiger partial charge in [0.25, 0.3) is 0 Å². The summed E-state index contributed by atoms with van der Waals surface area (Å²) in [6.45, 7) is 1.91. The van der Waals surface area contributed by atoms with Crippen molar-refractivity contribution in [3.63, 3.8) is 0 Å². The molecule has 0 amide bonds. The Morgan fingerprint density at radius 2 is 1.88 bits per heavy atom. The predicted molar refractivity (Wildman–Crippen MR) is 93.5 cm³/mol. The van der Waals surface area contributed by atoms with Gasteiger partial charge in [-0.1, -0.05) is 30.3 Å². The third-order valence-corrected chi connectivity index (χ3v) is 3.90. The molecule has 2 aromatic heterocycles. The Morgan fingerprint density at radius 3 is 2.72 bits per heavy atom. The first-order valence-corrected chi connectivity index (χ1v) is 7.88. The molecule has 0 saturated carbocycles. The number of fused-ring (bicyclic) bond motifs is 1. The van der Waals surface area contributed by atoms with Crippen molar-refractivity contribution in [1.82, 2.24) is 15.0 Å². The first-order chi connectivity index (χ1) is 12.2. The van der Waals surface area contributed by atoms with Gasteiger partial charge in [0.1, 0.15) is 24.0 Å². The molecule has 1 atom stereocenters. The smallest absolute Gasteiger partial charge is 0.217 e. The molecule has 25 heavy (non-hydrogen) atoms. The Kier molecular flexibility index (Phi) is 3.85. The molecule has 6 heteroatoms. The van der Waals surface area contributed by atoms with Gasteiger partial charge in [0.05, 0.1) is 11.7 Å². The SMILES string of the molecule is CC(Nc1ncnc2ccc(F)cc12)c1ncc(-c2ccccc2)o1. The topological polar surface area (TPSA) is 63.8 Å². The van der Waals surface area contributed by atoms with Crippen LogP contribution in [0.3, 0.4) is 0 Å². The van der Waals surface area contributed by atoms with Crippen molar-refractivity contribution in [2.24, 2.45) is 0 Å². The lowest BCUT2D eigenvalue weighted by Crippen LogP contribution is -2.09. The molecule has 0 aliphatic rings. The van der Waals surface area contributed by atoms with Gasteiger partial charge in [-0.25, -0.2) is 19.3 Å². The van der Waals surface area contributed by atoms with Crippen LogP contribution < -0.4 is 5.32 Å². The van der Waals surface area contributed by atoms with Crippen molar-refractivity contribution < 1.29 is 8.81 Å². The standard InChI is InChI=1S/C19H15FN4O/c1-12(19-21-10-17(25-19)13-5-3-2-4-6-13)24-18-15-9-14(20)7-8-16(15)22-11-23-18/h2-12H,1H3,(H,22,23,24). The second kappa shape index (κ2) is 6.32. The number of nitrogens with one attached hydrogen (secondary N) is 1. The van der Waals surface area contributed by atoms with Crippen molar-refractivity contribution in [2.75, 3.05) is 5.32 Å². The molecule has 0 fully saturated rings. The molecular formula is C19H15FN4O. The fourth-order valence-electron chi connectivity index (χ4n) is 2.63. The summed E-state index contributed by atoms with van der Waals surface area (Å²) in [6, 6.07) is 13.9. The molecule has 0 saturated heterocycles. The number of aromatic nitrogens is 3. The van der Waals surface area contributed by atoms with Crippen LogP contribution in [0.15, 0.2) is 65.5 Å². The van der Waals surface area contributed by atoms with E-state index in [1.54, 1.807) is 12.3 Å². The fourth-order valence-corrected chi connectivity index (χ4v) is 2.63. The van der Waals surface area contributed by atoms with E-state index in [9.17, 15) is 4.39 Å². The molecular weight excluding hydrogens is 319 g/mol. The van der Waals surface area contributed by atoms with E-state index < -0.39 is 0 Å². The van der Waals surface area contributed by atoms with E-state index in [-0.39, 0.29) is 11.9 Å². The van der Waals surface area contributed by atoms with E-state index in [1.165, 1.54) is 18.5 Å². The van der Waals surface area contributed by atoms with Crippen LogP contribution in [-0.2, 0) is 0 Å². The minimum absolute atomic E-state index is 0.237. The van der Waals surface area contributed by atoms with Gasteiger partial charge >= 0.3 is 0 Å². The van der Waals surface area contributed by atoms with E-state index in [1.807, 2.05) is 37.3 Å². The largest absolute Gasteiger partial charge is 0.438 e. The van der Waals surface area contributed by atoms with E-state index in [2.05, 4.69) is 20.3 Å². The maximum absolute atomic E-state index is 13.6. The lowest BCUT2D eigenvalue weighted by atomic mass is 10.2.